The second-order valence-electron chi connectivity index (χ2n) is 7.86. The molecule has 4 N–H and O–H groups in total. The first-order valence-electron chi connectivity index (χ1n) is 10.6. The van der Waals surface area contributed by atoms with Gasteiger partial charge < -0.3 is 15.7 Å². The summed E-state index contributed by atoms with van der Waals surface area (Å²) in [6.45, 7) is 4.46. The number of imide groups is 1. The Kier molecular flexibility index (Phi) is 10.8. The Bertz CT molecular complexity index is 559. The van der Waals surface area contributed by atoms with Crippen LogP contribution in [-0.4, -0.2) is 57.9 Å². The largest absolute Gasteiger partial charge is 0.521 e. The van der Waals surface area contributed by atoms with Gasteiger partial charge in [-0.15, -0.1) is 0 Å². The number of carboxylic acid groups (broad SMARTS) is 1. The summed E-state index contributed by atoms with van der Waals surface area (Å²) in [6.07, 6.45) is 4.75. The van der Waals surface area contributed by atoms with Crippen LogP contribution >= 0.6 is 7.60 Å². The highest BCUT2D eigenvalue weighted by Gasteiger charge is 2.56. The lowest BCUT2D eigenvalue weighted by Crippen LogP contribution is -2.62. The molecule has 0 saturated carbocycles. The van der Waals surface area contributed by atoms with Crippen LogP contribution < -0.4 is 5.73 Å². The number of unbranched alkanes of at least 4 members (excludes halogenated alkanes) is 5. The van der Waals surface area contributed by atoms with E-state index in [2.05, 4.69) is 6.92 Å². The number of amides is 2. The Morgan fingerprint density at radius 1 is 1.21 bits per heavy atom. The number of carbonyl (C=O) groups is 2. The fourth-order valence-electron chi connectivity index (χ4n) is 3.90. The Morgan fingerprint density at radius 3 is 2.43 bits per heavy atom. The minimum Gasteiger partial charge on any atom is -0.435 e. The molecule has 1 heterocycles. The summed E-state index contributed by atoms with van der Waals surface area (Å²) in [5.41, 5.74) is 5.51. The van der Waals surface area contributed by atoms with Crippen molar-refractivity contribution >= 4 is 19.6 Å². The van der Waals surface area contributed by atoms with E-state index < -0.39 is 30.2 Å². The van der Waals surface area contributed by atoms with Gasteiger partial charge in [-0.25, -0.2) is 4.79 Å². The van der Waals surface area contributed by atoms with Crippen LogP contribution in [0.25, 0.3) is 0 Å². The minimum atomic E-state index is -3.97. The molecule has 1 saturated heterocycles. The number of hydrogen-bond donors (Lipinski definition) is 3. The number of likely N-dealkylation sites (tertiary alicyclic amines) is 1. The third-order valence-electron chi connectivity index (χ3n) is 5.65. The third kappa shape index (κ3) is 6.92. The molecule has 2 unspecified atom stereocenters. The maximum atomic E-state index is 13.2. The van der Waals surface area contributed by atoms with E-state index in [4.69, 9.17) is 10.3 Å². The molecule has 2 amide bonds. The highest BCUT2D eigenvalue weighted by molar-refractivity contribution is 7.52. The van der Waals surface area contributed by atoms with E-state index in [1.165, 1.54) is 0 Å². The van der Waals surface area contributed by atoms with Crippen molar-refractivity contribution < 1.29 is 33.2 Å². The molecule has 0 bridgehead atoms. The van der Waals surface area contributed by atoms with Gasteiger partial charge in [0.2, 0.25) is 0 Å². The summed E-state index contributed by atoms with van der Waals surface area (Å²) < 4.78 is 17.3. The zero-order chi connectivity index (χ0) is 21.2. The van der Waals surface area contributed by atoms with E-state index in [-0.39, 0.29) is 25.2 Å². The first kappa shape index (κ1) is 25.2. The summed E-state index contributed by atoms with van der Waals surface area (Å²) in [6, 6.07) is -0.377. The lowest BCUT2D eigenvalue weighted by Gasteiger charge is -2.33. The first-order valence-corrected chi connectivity index (χ1v) is 12.3. The SMILES string of the molecule is CCCCCCCP(=O)(O)O[C@@H](CCCCN)C(=O)[N+]1(C(=O)O)CCC[C@H]1C. The van der Waals surface area contributed by atoms with Crippen LogP contribution in [0.5, 0.6) is 0 Å². The second-order valence-corrected chi connectivity index (χ2v) is 9.79. The van der Waals surface area contributed by atoms with Crippen molar-refractivity contribution in [2.45, 2.75) is 90.2 Å². The smallest absolute Gasteiger partial charge is 0.435 e. The van der Waals surface area contributed by atoms with Gasteiger partial charge in [0.15, 0.2) is 6.10 Å². The standard InChI is InChI=1S/C19H37N2O6P/c1-3-4-5-6-9-15-28(25,26)27-17(12-7-8-13-20)18(22)21(19(23)24)14-10-11-16(21)2/h16-17H,3-15,20H2,1-2H3,(H-,23,24,25,26)/p+1/t16-,17+,21?/m1/s1. The average Bonchev–Trinajstić information content (AvgIpc) is 3.02. The van der Waals surface area contributed by atoms with Crippen molar-refractivity contribution in [2.24, 2.45) is 5.73 Å². The molecular weight excluding hydrogens is 383 g/mol. The fourth-order valence-corrected chi connectivity index (χ4v) is 5.22. The molecule has 4 atom stereocenters. The normalized spacial score (nSPS) is 25.4. The number of nitrogens with two attached hydrogens (primary N) is 1. The molecule has 1 fully saturated rings. The molecule has 1 aliphatic heterocycles. The van der Waals surface area contributed by atoms with Crippen molar-refractivity contribution in [1.82, 2.24) is 0 Å². The van der Waals surface area contributed by atoms with E-state index in [0.717, 1.165) is 25.7 Å². The first-order chi connectivity index (χ1) is 13.2. The van der Waals surface area contributed by atoms with E-state index in [1.54, 1.807) is 6.92 Å². The van der Waals surface area contributed by atoms with Crippen LogP contribution in [0.1, 0.15) is 78.1 Å². The lowest BCUT2D eigenvalue weighted by atomic mass is 10.1. The Balaban J connectivity index is 2.87. The number of quaternary nitrogens is 1. The van der Waals surface area contributed by atoms with Gasteiger partial charge in [-0.05, 0) is 39.2 Å². The Morgan fingerprint density at radius 2 is 1.89 bits per heavy atom. The van der Waals surface area contributed by atoms with E-state index in [1.807, 2.05) is 0 Å². The minimum absolute atomic E-state index is 0.0139. The van der Waals surface area contributed by atoms with Crippen molar-refractivity contribution in [3.63, 3.8) is 0 Å². The van der Waals surface area contributed by atoms with Gasteiger partial charge in [0.05, 0.1) is 12.7 Å². The van der Waals surface area contributed by atoms with Crippen molar-refractivity contribution in [3.05, 3.63) is 0 Å². The van der Waals surface area contributed by atoms with Gasteiger partial charge >= 0.3 is 19.6 Å². The summed E-state index contributed by atoms with van der Waals surface area (Å²) in [4.78, 5) is 35.5. The summed E-state index contributed by atoms with van der Waals surface area (Å²) in [7, 11) is -3.97. The van der Waals surface area contributed by atoms with Gasteiger partial charge in [-0.1, -0.05) is 32.6 Å². The summed E-state index contributed by atoms with van der Waals surface area (Å²) in [5.74, 6) is -0.616. The number of nitrogens with zero attached hydrogens (tertiary/aromatic N) is 1. The van der Waals surface area contributed by atoms with E-state index in [9.17, 15) is 24.2 Å². The van der Waals surface area contributed by atoms with Crippen LogP contribution in [0, 0.1) is 0 Å². The number of rotatable bonds is 13. The number of carbonyl (C=O) groups excluding carboxylic acids is 1. The molecule has 8 nitrogen and oxygen atoms in total. The molecule has 164 valence electrons. The predicted octanol–water partition coefficient (Wildman–Crippen LogP) is 3.86. The van der Waals surface area contributed by atoms with Crippen LogP contribution in [0.4, 0.5) is 4.79 Å². The molecule has 0 aromatic rings. The molecule has 0 aromatic carbocycles. The molecule has 1 rings (SSSR count). The second kappa shape index (κ2) is 12.0. The van der Waals surface area contributed by atoms with Gasteiger partial charge in [0.1, 0.15) is 6.04 Å². The zero-order valence-corrected chi connectivity index (χ0v) is 18.2. The van der Waals surface area contributed by atoms with Crippen LogP contribution in [0.3, 0.4) is 0 Å². The molecule has 1 aliphatic rings. The van der Waals surface area contributed by atoms with Crippen LogP contribution in [0.2, 0.25) is 0 Å². The van der Waals surface area contributed by atoms with Gasteiger partial charge in [-0.3, -0.25) is 9.09 Å². The van der Waals surface area contributed by atoms with Crippen LogP contribution in [-0.2, 0) is 13.9 Å². The van der Waals surface area contributed by atoms with Gasteiger partial charge in [0, 0.05) is 12.8 Å². The Labute approximate surface area is 168 Å². The molecular formula is C19H38N2O6P+. The topological polar surface area (TPSA) is 127 Å². The quantitative estimate of drug-likeness (QED) is 0.234. The highest BCUT2D eigenvalue weighted by Crippen LogP contribution is 2.46. The van der Waals surface area contributed by atoms with Crippen molar-refractivity contribution in [2.75, 3.05) is 19.3 Å². The van der Waals surface area contributed by atoms with E-state index in [0.29, 0.717) is 38.6 Å². The molecule has 0 spiro atoms. The average molecular weight is 421 g/mol. The van der Waals surface area contributed by atoms with Crippen LogP contribution in [0.15, 0.2) is 0 Å². The van der Waals surface area contributed by atoms with Crippen molar-refractivity contribution in [1.29, 1.82) is 0 Å². The molecule has 9 heteroatoms. The molecule has 28 heavy (non-hydrogen) atoms. The highest BCUT2D eigenvalue weighted by atomic mass is 31.2. The van der Waals surface area contributed by atoms with Crippen molar-refractivity contribution in [3.8, 4) is 0 Å². The molecule has 0 aliphatic carbocycles. The van der Waals surface area contributed by atoms with E-state index >= 15 is 0 Å². The lowest BCUT2D eigenvalue weighted by molar-refractivity contribution is -0.794. The third-order valence-corrected chi connectivity index (χ3v) is 7.12. The predicted molar refractivity (Wildman–Crippen MR) is 108 cm³/mol. The summed E-state index contributed by atoms with van der Waals surface area (Å²) >= 11 is 0. The number of hydrogen-bond acceptors (Lipinski definition) is 5. The maximum Gasteiger partial charge on any atom is 0.521 e. The van der Waals surface area contributed by atoms with Gasteiger partial charge in [-0.2, -0.15) is 9.28 Å². The summed E-state index contributed by atoms with van der Waals surface area (Å²) in [5, 5.41) is 9.79. The zero-order valence-electron chi connectivity index (χ0n) is 17.3. The van der Waals surface area contributed by atoms with Gasteiger partial charge in [0.25, 0.3) is 0 Å². The monoisotopic (exact) mass is 421 g/mol. The maximum absolute atomic E-state index is 13.2. The Hall–Kier alpha value is -0.790. The molecule has 0 aromatic heterocycles. The fraction of sp³-hybridized carbons (Fsp3) is 0.895. The molecule has 0 radical (unpaired) electrons.